The van der Waals surface area contributed by atoms with Gasteiger partial charge in [-0.15, -0.1) is 0 Å². The summed E-state index contributed by atoms with van der Waals surface area (Å²) < 4.78 is 0. The van der Waals surface area contributed by atoms with E-state index in [9.17, 15) is 4.79 Å². The smallest absolute Gasteiger partial charge is 0.228 e. The van der Waals surface area contributed by atoms with Gasteiger partial charge in [-0.3, -0.25) is 4.79 Å². The highest BCUT2D eigenvalue weighted by Gasteiger charge is 2.44. The van der Waals surface area contributed by atoms with Gasteiger partial charge in [0.15, 0.2) is 0 Å². The Morgan fingerprint density at radius 3 is 2.35 bits per heavy atom. The van der Waals surface area contributed by atoms with Gasteiger partial charge in [-0.25, -0.2) is 0 Å². The van der Waals surface area contributed by atoms with Crippen molar-refractivity contribution < 1.29 is 4.79 Å². The highest BCUT2D eigenvalue weighted by atomic mass is 16.2. The van der Waals surface area contributed by atoms with Crippen LogP contribution in [0.4, 0.5) is 0 Å². The van der Waals surface area contributed by atoms with Crippen LogP contribution in [0.2, 0.25) is 0 Å². The first-order valence-electron chi connectivity index (χ1n) is 8.07. The fraction of sp³-hybridized carbons (Fsp3) is 0.190. The maximum Gasteiger partial charge on any atom is 0.228 e. The number of amides is 1. The van der Waals surface area contributed by atoms with E-state index in [0.29, 0.717) is 6.54 Å². The van der Waals surface area contributed by atoms with Gasteiger partial charge in [0, 0.05) is 6.54 Å². The number of fused-ring (bicyclic) bond motifs is 1. The molecule has 0 aliphatic carbocycles. The summed E-state index contributed by atoms with van der Waals surface area (Å²) in [7, 11) is 0. The molecule has 114 valence electrons. The normalized spacial score (nSPS) is 20.6. The molecule has 1 heterocycles. The molecule has 1 aliphatic heterocycles. The fourth-order valence-corrected chi connectivity index (χ4v) is 3.54. The molecule has 1 amide bonds. The predicted molar refractivity (Wildman–Crippen MR) is 92.8 cm³/mol. The molecule has 3 aromatic rings. The Kier molecular flexibility index (Phi) is 3.38. The van der Waals surface area contributed by atoms with Crippen LogP contribution in [0.5, 0.6) is 0 Å². The molecule has 23 heavy (non-hydrogen) atoms. The van der Waals surface area contributed by atoms with Crippen LogP contribution in [-0.2, 0) is 11.3 Å². The Labute approximate surface area is 136 Å². The lowest BCUT2D eigenvalue weighted by molar-refractivity contribution is -0.156. The van der Waals surface area contributed by atoms with Crippen molar-refractivity contribution in [3.63, 3.8) is 0 Å². The topological polar surface area (TPSA) is 20.3 Å². The number of carbonyl (C=O) groups excluding carboxylic acids is 1. The highest BCUT2D eigenvalue weighted by molar-refractivity contribution is 5.88. The van der Waals surface area contributed by atoms with E-state index < -0.39 is 0 Å². The first-order valence-corrected chi connectivity index (χ1v) is 8.07. The molecule has 4 rings (SSSR count). The summed E-state index contributed by atoms with van der Waals surface area (Å²) in [5.74, 6) is 0.298. The zero-order chi connectivity index (χ0) is 15.8. The van der Waals surface area contributed by atoms with E-state index in [0.717, 1.165) is 0 Å². The van der Waals surface area contributed by atoms with Crippen LogP contribution < -0.4 is 0 Å². The van der Waals surface area contributed by atoms with Gasteiger partial charge in [-0.05, 0) is 28.0 Å². The maximum absolute atomic E-state index is 12.3. The van der Waals surface area contributed by atoms with Crippen LogP contribution in [0.1, 0.15) is 24.1 Å². The van der Waals surface area contributed by atoms with Gasteiger partial charge in [-0.2, -0.15) is 0 Å². The Hall–Kier alpha value is -2.61. The number of carbonyl (C=O) groups is 1. The second kappa shape index (κ2) is 5.54. The van der Waals surface area contributed by atoms with Crippen molar-refractivity contribution in [3.05, 3.63) is 83.9 Å². The number of hydrogen-bond acceptors (Lipinski definition) is 1. The van der Waals surface area contributed by atoms with Crippen LogP contribution >= 0.6 is 0 Å². The van der Waals surface area contributed by atoms with Crippen molar-refractivity contribution in [1.29, 1.82) is 0 Å². The van der Waals surface area contributed by atoms with Crippen molar-refractivity contribution in [2.75, 3.05) is 0 Å². The van der Waals surface area contributed by atoms with Gasteiger partial charge in [-0.1, -0.05) is 73.7 Å². The van der Waals surface area contributed by atoms with Gasteiger partial charge in [0.25, 0.3) is 0 Å². The van der Waals surface area contributed by atoms with E-state index in [-0.39, 0.29) is 17.9 Å². The van der Waals surface area contributed by atoms with E-state index in [2.05, 4.69) is 54.6 Å². The van der Waals surface area contributed by atoms with Crippen LogP contribution in [0.25, 0.3) is 10.8 Å². The molecule has 2 atom stereocenters. The van der Waals surface area contributed by atoms with E-state index in [1.54, 1.807) is 0 Å². The molecule has 2 nitrogen and oxygen atoms in total. The van der Waals surface area contributed by atoms with Crippen molar-refractivity contribution in [1.82, 2.24) is 4.90 Å². The molecule has 1 aliphatic rings. The summed E-state index contributed by atoms with van der Waals surface area (Å²) in [5, 5.41) is 2.47. The molecule has 0 bridgehead atoms. The van der Waals surface area contributed by atoms with Crippen LogP contribution in [0.3, 0.4) is 0 Å². The summed E-state index contributed by atoms with van der Waals surface area (Å²) in [6.07, 6.45) is 0. The lowest BCUT2D eigenvalue weighted by atomic mass is 9.83. The molecule has 1 fully saturated rings. The summed E-state index contributed by atoms with van der Waals surface area (Å²) >= 11 is 0. The van der Waals surface area contributed by atoms with Crippen molar-refractivity contribution in [2.45, 2.75) is 19.5 Å². The minimum absolute atomic E-state index is 0.0554. The van der Waals surface area contributed by atoms with E-state index >= 15 is 0 Å². The Morgan fingerprint density at radius 1 is 0.870 bits per heavy atom. The molecular formula is C21H19NO. The van der Waals surface area contributed by atoms with Crippen molar-refractivity contribution in [2.24, 2.45) is 5.92 Å². The summed E-state index contributed by atoms with van der Waals surface area (Å²) in [6, 6.07) is 25.3. The van der Waals surface area contributed by atoms with Crippen LogP contribution in [0.15, 0.2) is 72.8 Å². The van der Waals surface area contributed by atoms with E-state index in [1.165, 1.54) is 21.9 Å². The van der Waals surface area contributed by atoms with Crippen LogP contribution in [0, 0.1) is 5.92 Å². The summed E-state index contributed by atoms with van der Waals surface area (Å²) in [4.78, 5) is 14.3. The monoisotopic (exact) mass is 301 g/mol. The number of rotatable bonds is 3. The largest absolute Gasteiger partial charge is 0.330 e. The highest BCUT2D eigenvalue weighted by Crippen LogP contribution is 2.41. The second-order valence-electron chi connectivity index (χ2n) is 6.29. The Morgan fingerprint density at radius 2 is 1.57 bits per heavy atom. The lowest BCUT2D eigenvalue weighted by Crippen LogP contribution is -2.52. The number of hydrogen-bond donors (Lipinski definition) is 0. The third-order valence-corrected chi connectivity index (χ3v) is 4.79. The summed E-state index contributed by atoms with van der Waals surface area (Å²) in [5.41, 5.74) is 2.41. The molecule has 2 heteroatoms. The SMILES string of the molecule is CC1C(=O)N(Cc2ccccc2)C1c1ccc2ccccc2c1. The minimum Gasteiger partial charge on any atom is -0.330 e. The maximum atomic E-state index is 12.3. The van der Waals surface area contributed by atoms with Crippen molar-refractivity contribution in [3.8, 4) is 0 Å². The molecule has 0 aromatic heterocycles. The minimum atomic E-state index is 0.0554. The molecule has 0 saturated carbocycles. The van der Waals surface area contributed by atoms with Gasteiger partial charge in [0.2, 0.25) is 5.91 Å². The molecular weight excluding hydrogens is 282 g/mol. The van der Waals surface area contributed by atoms with Gasteiger partial charge in [0.1, 0.15) is 0 Å². The van der Waals surface area contributed by atoms with Gasteiger partial charge < -0.3 is 4.90 Å². The number of β-lactam (4-membered cyclic amide) rings is 1. The molecule has 1 saturated heterocycles. The molecule has 0 radical (unpaired) electrons. The second-order valence-corrected chi connectivity index (χ2v) is 6.29. The average Bonchev–Trinajstić information content (AvgIpc) is 2.61. The Bertz CT molecular complexity index is 856. The van der Waals surface area contributed by atoms with Gasteiger partial charge >= 0.3 is 0 Å². The standard InChI is InChI=1S/C21H19NO/c1-15-20(19-12-11-17-9-5-6-10-18(17)13-19)22(21(15)23)14-16-7-3-2-4-8-16/h2-13,15,20H,14H2,1H3. The summed E-state index contributed by atoms with van der Waals surface area (Å²) in [6.45, 7) is 2.71. The number of likely N-dealkylation sites (tertiary alicyclic amines) is 1. The quantitative estimate of drug-likeness (QED) is 0.649. The molecule has 2 unspecified atom stereocenters. The molecule has 3 aromatic carbocycles. The average molecular weight is 301 g/mol. The number of benzene rings is 3. The lowest BCUT2D eigenvalue weighted by Gasteiger charge is -2.46. The number of nitrogens with zero attached hydrogens (tertiary/aromatic N) is 1. The predicted octanol–water partition coefficient (Wildman–Crippen LogP) is 4.56. The third kappa shape index (κ3) is 2.40. The Balaban J connectivity index is 1.66. The van der Waals surface area contributed by atoms with E-state index in [4.69, 9.17) is 0 Å². The van der Waals surface area contributed by atoms with Crippen molar-refractivity contribution >= 4 is 16.7 Å². The van der Waals surface area contributed by atoms with Gasteiger partial charge in [0.05, 0.1) is 12.0 Å². The first-order chi connectivity index (χ1) is 11.2. The fourth-order valence-electron chi connectivity index (χ4n) is 3.54. The molecule has 0 N–H and O–H groups in total. The third-order valence-electron chi connectivity index (χ3n) is 4.79. The van der Waals surface area contributed by atoms with Crippen LogP contribution in [-0.4, -0.2) is 10.8 Å². The molecule has 0 spiro atoms. The first kappa shape index (κ1) is 14.0. The zero-order valence-electron chi connectivity index (χ0n) is 13.1. The zero-order valence-corrected chi connectivity index (χ0v) is 13.1. The van der Waals surface area contributed by atoms with E-state index in [1.807, 2.05) is 30.0 Å².